The number of nitrogens with zero attached hydrogens (tertiary/aromatic N) is 4. The third-order valence-corrected chi connectivity index (χ3v) is 1.32. The van der Waals surface area contributed by atoms with Crippen LogP contribution in [0.1, 0.15) is 0 Å². The van der Waals surface area contributed by atoms with E-state index in [1.165, 1.54) is 0 Å². The van der Waals surface area contributed by atoms with Gasteiger partial charge in [-0.05, 0) is 0 Å². The highest BCUT2D eigenvalue weighted by Gasteiger charge is 2.63. The van der Waals surface area contributed by atoms with Gasteiger partial charge in [0, 0.05) is 0 Å². The fourth-order valence-electron chi connectivity index (χ4n) is 0.717. The van der Waals surface area contributed by atoms with Crippen LogP contribution >= 0.6 is 0 Å². The summed E-state index contributed by atoms with van der Waals surface area (Å²) in [5, 5.41) is 16.5. The molecule has 0 bridgehead atoms. The molecule has 2 heterocycles. The van der Waals surface area contributed by atoms with Crippen molar-refractivity contribution in [2.45, 2.75) is 5.66 Å². The highest BCUT2D eigenvalue weighted by molar-refractivity contribution is 6.42. The minimum atomic E-state index is -0.705. The van der Waals surface area contributed by atoms with E-state index >= 15 is 0 Å². The van der Waals surface area contributed by atoms with Crippen LogP contribution in [-0.4, -0.2) is 17.1 Å². The predicted octanol–water partition coefficient (Wildman–Crippen LogP) is -0.361. The van der Waals surface area contributed by atoms with Crippen molar-refractivity contribution in [3.05, 3.63) is 0 Å². The molecule has 0 fully saturated rings. The Hall–Kier alpha value is -1.68. The number of rotatable bonds is 0. The molecule has 2 rings (SSSR count). The first-order chi connectivity index (χ1) is 4.33. The van der Waals surface area contributed by atoms with E-state index in [0.717, 1.165) is 0 Å². The van der Waals surface area contributed by atoms with Crippen LogP contribution in [0.2, 0.25) is 0 Å². The number of hydrogen-bond acceptors (Lipinski definition) is 4. The quantitative estimate of drug-likeness (QED) is 0.433. The van der Waals surface area contributed by atoms with Crippen LogP contribution in [0.4, 0.5) is 0 Å². The summed E-state index contributed by atoms with van der Waals surface area (Å²) in [6, 6.07) is 3.68. The second-order valence-corrected chi connectivity index (χ2v) is 1.82. The molecular weight excluding hydrogens is 116 g/mol. The Balaban J connectivity index is 2.17. The Morgan fingerprint density at radius 2 is 1.56 bits per heavy atom. The van der Waals surface area contributed by atoms with Crippen LogP contribution < -0.4 is 0 Å². The van der Waals surface area contributed by atoms with Crippen molar-refractivity contribution in [2.24, 2.45) is 9.98 Å². The molecular formula is C5N4. The van der Waals surface area contributed by atoms with Gasteiger partial charge in [0.2, 0.25) is 0 Å². The molecule has 0 aromatic rings. The minimum absolute atomic E-state index is 0.374. The molecule has 0 saturated heterocycles. The van der Waals surface area contributed by atoms with Gasteiger partial charge in [-0.1, -0.05) is 0 Å². The van der Waals surface area contributed by atoms with E-state index in [2.05, 4.69) is 9.98 Å². The van der Waals surface area contributed by atoms with Gasteiger partial charge < -0.3 is 0 Å². The van der Waals surface area contributed by atoms with Crippen molar-refractivity contribution in [1.82, 2.24) is 0 Å². The molecule has 0 amide bonds. The minimum Gasteiger partial charge on any atom is -0.230 e. The zero-order valence-electron chi connectivity index (χ0n) is 4.29. The molecule has 9 heavy (non-hydrogen) atoms. The molecule has 0 aliphatic carbocycles. The SMILES string of the molecule is N#CC1=NC12N=C2C#N. The summed E-state index contributed by atoms with van der Waals surface area (Å²) < 4.78 is 0. The lowest BCUT2D eigenvalue weighted by Crippen LogP contribution is -2.04. The third-order valence-electron chi connectivity index (χ3n) is 1.32. The molecule has 0 aromatic heterocycles. The zero-order valence-corrected chi connectivity index (χ0v) is 4.29. The zero-order chi connectivity index (χ0) is 6.48. The van der Waals surface area contributed by atoms with Crippen molar-refractivity contribution < 1.29 is 0 Å². The van der Waals surface area contributed by atoms with E-state index in [1.54, 1.807) is 0 Å². The van der Waals surface area contributed by atoms with Gasteiger partial charge in [0.15, 0.2) is 11.4 Å². The van der Waals surface area contributed by atoms with Gasteiger partial charge in [-0.3, -0.25) is 0 Å². The van der Waals surface area contributed by atoms with E-state index in [4.69, 9.17) is 10.5 Å². The molecule has 0 atom stereocenters. The monoisotopic (exact) mass is 116 g/mol. The van der Waals surface area contributed by atoms with Crippen molar-refractivity contribution in [2.75, 3.05) is 0 Å². The molecule has 0 N–H and O–H groups in total. The van der Waals surface area contributed by atoms with Crippen molar-refractivity contribution >= 4 is 11.4 Å². The van der Waals surface area contributed by atoms with E-state index in [-0.39, 0.29) is 0 Å². The van der Waals surface area contributed by atoms with Crippen molar-refractivity contribution in [3.63, 3.8) is 0 Å². The van der Waals surface area contributed by atoms with E-state index < -0.39 is 5.66 Å². The second kappa shape index (κ2) is 0.872. The first-order valence-electron chi connectivity index (χ1n) is 2.34. The van der Waals surface area contributed by atoms with Gasteiger partial charge in [-0.15, -0.1) is 0 Å². The molecule has 40 valence electrons. The van der Waals surface area contributed by atoms with Crippen LogP contribution in [0.3, 0.4) is 0 Å². The third kappa shape index (κ3) is 0.286. The number of nitriles is 2. The summed E-state index contributed by atoms with van der Waals surface area (Å²) in [6.07, 6.45) is 0. The molecule has 1 spiro atoms. The average Bonchev–Trinajstić information content (AvgIpc) is 2.74. The Bertz CT molecular complexity index is 288. The van der Waals surface area contributed by atoms with Gasteiger partial charge in [0.05, 0.1) is 0 Å². The van der Waals surface area contributed by atoms with Gasteiger partial charge >= 0.3 is 0 Å². The molecule has 0 unspecified atom stereocenters. The fourth-order valence-corrected chi connectivity index (χ4v) is 0.717. The lowest BCUT2D eigenvalue weighted by atomic mass is 10.2. The van der Waals surface area contributed by atoms with Gasteiger partial charge in [0.1, 0.15) is 12.1 Å². The fraction of sp³-hybridized carbons (Fsp3) is 0.200. The molecule has 2 aliphatic rings. The van der Waals surface area contributed by atoms with Gasteiger partial charge in [-0.25, -0.2) is 9.98 Å². The molecule has 2 aliphatic heterocycles. The van der Waals surface area contributed by atoms with Crippen LogP contribution in [0.5, 0.6) is 0 Å². The molecule has 0 saturated carbocycles. The summed E-state index contributed by atoms with van der Waals surface area (Å²) in [6.45, 7) is 0. The maximum absolute atomic E-state index is 8.23. The highest BCUT2D eigenvalue weighted by atomic mass is 15.3. The van der Waals surface area contributed by atoms with E-state index in [9.17, 15) is 0 Å². The Labute approximate surface area is 50.8 Å². The standard InChI is InChI=1S/C5N4/c6-1-3-5(8-3)4(2-7)9-5. The summed E-state index contributed by atoms with van der Waals surface area (Å²) in [7, 11) is 0. The summed E-state index contributed by atoms with van der Waals surface area (Å²) in [4.78, 5) is 7.40. The summed E-state index contributed by atoms with van der Waals surface area (Å²) in [5.74, 6) is 0. The largest absolute Gasteiger partial charge is 0.257 e. The lowest BCUT2D eigenvalue weighted by Gasteiger charge is -1.70. The number of aliphatic imine (C=N–C) groups is 2. The van der Waals surface area contributed by atoms with Crippen LogP contribution in [0, 0.1) is 22.7 Å². The van der Waals surface area contributed by atoms with Crippen molar-refractivity contribution in [1.29, 1.82) is 10.5 Å². The Kier molecular flexibility index (Phi) is 0.409. The average molecular weight is 116 g/mol. The maximum Gasteiger partial charge on any atom is 0.257 e. The number of hydrogen-bond donors (Lipinski definition) is 0. The molecule has 0 radical (unpaired) electrons. The predicted molar refractivity (Wildman–Crippen MR) is 28.8 cm³/mol. The Morgan fingerprint density at radius 1 is 1.11 bits per heavy atom. The van der Waals surface area contributed by atoms with E-state index in [0.29, 0.717) is 11.4 Å². The highest BCUT2D eigenvalue weighted by Crippen LogP contribution is 2.41. The molecule has 4 nitrogen and oxygen atoms in total. The molecule has 0 aromatic carbocycles. The first-order valence-corrected chi connectivity index (χ1v) is 2.34. The van der Waals surface area contributed by atoms with Crippen LogP contribution in [0.15, 0.2) is 9.98 Å². The topological polar surface area (TPSA) is 72.3 Å². The Morgan fingerprint density at radius 3 is 1.78 bits per heavy atom. The summed E-state index contributed by atoms with van der Waals surface area (Å²) >= 11 is 0. The van der Waals surface area contributed by atoms with Gasteiger partial charge in [-0.2, -0.15) is 10.5 Å². The normalized spacial score (nSPS) is 23.3. The van der Waals surface area contributed by atoms with Gasteiger partial charge in [0.25, 0.3) is 5.66 Å². The van der Waals surface area contributed by atoms with Crippen LogP contribution in [0.25, 0.3) is 0 Å². The second-order valence-electron chi connectivity index (χ2n) is 1.82. The lowest BCUT2D eigenvalue weighted by molar-refractivity contribution is 1.09. The van der Waals surface area contributed by atoms with Crippen LogP contribution in [-0.2, 0) is 0 Å². The smallest absolute Gasteiger partial charge is 0.230 e. The van der Waals surface area contributed by atoms with E-state index in [1.807, 2.05) is 12.1 Å². The molecule has 4 heteroatoms. The first kappa shape index (κ1) is 4.22. The van der Waals surface area contributed by atoms with Crippen molar-refractivity contribution in [3.8, 4) is 12.1 Å². The summed E-state index contributed by atoms with van der Waals surface area (Å²) in [5.41, 5.74) is 0.0434. The maximum atomic E-state index is 8.23.